The second-order valence-electron chi connectivity index (χ2n) is 8.27. The highest BCUT2D eigenvalue weighted by Gasteiger charge is 2.24. The van der Waals surface area contributed by atoms with Gasteiger partial charge in [0, 0.05) is 44.4 Å². The summed E-state index contributed by atoms with van der Waals surface area (Å²) < 4.78 is 0. The summed E-state index contributed by atoms with van der Waals surface area (Å²) in [5.41, 5.74) is 6.35. The topological polar surface area (TPSA) is 98.5 Å². The lowest BCUT2D eigenvalue weighted by atomic mass is 10.00. The maximum absolute atomic E-state index is 6.74. The molecule has 0 amide bonds. The quantitative estimate of drug-likeness (QED) is 0.176. The predicted molar refractivity (Wildman–Crippen MR) is 125 cm³/mol. The molecular formula is C21H49N7. The molecule has 0 aromatic heterocycles. The van der Waals surface area contributed by atoms with Crippen LogP contribution in [-0.4, -0.2) is 83.2 Å². The molecule has 0 spiro atoms. The van der Waals surface area contributed by atoms with E-state index in [9.17, 15) is 0 Å². The molecule has 168 valence electrons. The van der Waals surface area contributed by atoms with Crippen molar-refractivity contribution in [3.05, 3.63) is 0 Å². The second-order valence-corrected chi connectivity index (χ2v) is 8.27. The third-order valence-electron chi connectivity index (χ3n) is 4.68. The van der Waals surface area contributed by atoms with E-state index in [1.54, 1.807) is 0 Å². The molecule has 0 aromatic carbocycles. The first-order chi connectivity index (χ1) is 13.4. The van der Waals surface area contributed by atoms with Gasteiger partial charge in [0.25, 0.3) is 0 Å². The molecule has 0 bridgehead atoms. The zero-order valence-corrected chi connectivity index (χ0v) is 19.4. The molecule has 7 N–H and O–H groups in total. The van der Waals surface area contributed by atoms with Crippen molar-refractivity contribution in [3.8, 4) is 0 Å². The Morgan fingerprint density at radius 1 is 0.821 bits per heavy atom. The van der Waals surface area contributed by atoms with E-state index >= 15 is 0 Å². The smallest absolute Gasteiger partial charge is 0.0604 e. The highest BCUT2D eigenvalue weighted by atomic mass is 15.0. The van der Waals surface area contributed by atoms with E-state index in [4.69, 9.17) is 5.73 Å². The van der Waals surface area contributed by atoms with Gasteiger partial charge in [0.2, 0.25) is 0 Å². The molecule has 0 aliphatic carbocycles. The van der Waals surface area contributed by atoms with Gasteiger partial charge in [-0.05, 0) is 45.6 Å². The second kappa shape index (κ2) is 17.3. The largest absolute Gasteiger partial charge is 0.321 e. The van der Waals surface area contributed by atoms with Crippen molar-refractivity contribution < 1.29 is 0 Å². The summed E-state index contributed by atoms with van der Waals surface area (Å²) in [6.07, 6.45) is 2.04. The number of nitrogens with two attached hydrogens (primary N) is 1. The Morgan fingerprint density at radius 3 is 2.00 bits per heavy atom. The Labute approximate surface area is 174 Å². The average Bonchev–Trinajstić information content (AvgIpc) is 2.65. The fourth-order valence-electron chi connectivity index (χ4n) is 3.00. The molecular weight excluding hydrogens is 350 g/mol. The van der Waals surface area contributed by atoms with Crippen molar-refractivity contribution in [1.29, 1.82) is 0 Å². The Morgan fingerprint density at radius 2 is 1.39 bits per heavy atom. The molecule has 0 saturated carbocycles. The number of hydrogen-bond acceptors (Lipinski definition) is 7. The highest BCUT2D eigenvalue weighted by Crippen LogP contribution is 2.01. The van der Waals surface area contributed by atoms with Crippen LogP contribution in [0.3, 0.4) is 0 Å². The molecule has 0 aliphatic heterocycles. The van der Waals surface area contributed by atoms with Crippen molar-refractivity contribution in [2.75, 3.05) is 65.4 Å². The van der Waals surface area contributed by atoms with E-state index in [2.05, 4.69) is 73.1 Å². The van der Waals surface area contributed by atoms with Gasteiger partial charge in [0.1, 0.15) is 0 Å². The molecule has 0 aliphatic rings. The maximum atomic E-state index is 6.74. The number of nitrogens with zero attached hydrogens (tertiary/aromatic N) is 1. The van der Waals surface area contributed by atoms with Crippen molar-refractivity contribution in [2.24, 2.45) is 22.6 Å². The zero-order valence-electron chi connectivity index (χ0n) is 19.4. The minimum atomic E-state index is -0.391. The maximum Gasteiger partial charge on any atom is 0.0604 e. The van der Waals surface area contributed by atoms with Gasteiger partial charge >= 0.3 is 0 Å². The van der Waals surface area contributed by atoms with Crippen molar-refractivity contribution >= 4 is 6.21 Å². The first kappa shape index (κ1) is 27.4. The monoisotopic (exact) mass is 399 g/mol. The molecule has 0 saturated heterocycles. The van der Waals surface area contributed by atoms with Gasteiger partial charge in [-0.1, -0.05) is 34.6 Å². The van der Waals surface area contributed by atoms with Crippen LogP contribution in [0.25, 0.3) is 0 Å². The van der Waals surface area contributed by atoms with Crippen molar-refractivity contribution in [3.63, 3.8) is 0 Å². The summed E-state index contributed by atoms with van der Waals surface area (Å²) >= 11 is 0. The summed E-state index contributed by atoms with van der Waals surface area (Å²) in [7, 11) is 0. The fourth-order valence-corrected chi connectivity index (χ4v) is 3.00. The normalized spacial score (nSPS) is 17.5. The molecule has 3 unspecified atom stereocenters. The first-order valence-electron chi connectivity index (χ1n) is 11.2. The Balaban J connectivity index is 4.55. The van der Waals surface area contributed by atoms with Crippen LogP contribution in [0, 0.1) is 11.8 Å². The molecule has 0 radical (unpaired) electrons. The summed E-state index contributed by atoms with van der Waals surface area (Å²) in [5.74, 6) is 0.994. The van der Waals surface area contributed by atoms with Crippen LogP contribution in [0.4, 0.5) is 0 Å². The van der Waals surface area contributed by atoms with Gasteiger partial charge in [-0.15, -0.1) is 0 Å². The number of aliphatic imine (C=N–C) groups is 1. The molecule has 7 heteroatoms. The average molecular weight is 400 g/mol. The van der Waals surface area contributed by atoms with Crippen LogP contribution < -0.4 is 32.3 Å². The fraction of sp³-hybridized carbons (Fsp3) is 0.952. The minimum absolute atomic E-state index is 0.391. The SMILES string of the molecule is CCNCC(C)/C=N/C[C@](N)(CNCC(C)CNCC)CNCC(C)NCC. The molecule has 28 heavy (non-hydrogen) atoms. The zero-order chi connectivity index (χ0) is 21.3. The van der Waals surface area contributed by atoms with Gasteiger partial charge in [0.05, 0.1) is 12.1 Å². The summed E-state index contributed by atoms with van der Waals surface area (Å²) in [6.45, 7) is 22.0. The molecule has 0 rings (SSSR count). The Kier molecular flexibility index (Phi) is 16.9. The predicted octanol–water partition coefficient (Wildman–Crippen LogP) is 0.423. The summed E-state index contributed by atoms with van der Waals surface area (Å²) in [5, 5.41) is 17.3. The van der Waals surface area contributed by atoms with Crippen LogP contribution in [0.5, 0.6) is 0 Å². The van der Waals surface area contributed by atoms with E-state index < -0.39 is 5.54 Å². The number of rotatable bonds is 19. The van der Waals surface area contributed by atoms with E-state index in [0.717, 1.165) is 58.9 Å². The van der Waals surface area contributed by atoms with Crippen molar-refractivity contribution in [1.82, 2.24) is 26.6 Å². The van der Waals surface area contributed by atoms with Crippen LogP contribution in [0.15, 0.2) is 4.99 Å². The minimum Gasteiger partial charge on any atom is -0.321 e. The van der Waals surface area contributed by atoms with Crippen LogP contribution >= 0.6 is 0 Å². The molecule has 0 fully saturated rings. The van der Waals surface area contributed by atoms with Crippen LogP contribution in [0.2, 0.25) is 0 Å². The summed E-state index contributed by atoms with van der Waals surface area (Å²) in [6, 6.07) is 0.436. The number of nitrogens with one attached hydrogen (secondary N) is 5. The van der Waals surface area contributed by atoms with Gasteiger partial charge in [0.15, 0.2) is 0 Å². The lowest BCUT2D eigenvalue weighted by Gasteiger charge is -2.30. The van der Waals surface area contributed by atoms with E-state index in [1.165, 1.54) is 0 Å². The number of hydrogen-bond donors (Lipinski definition) is 6. The van der Waals surface area contributed by atoms with E-state index in [0.29, 0.717) is 24.4 Å². The third kappa shape index (κ3) is 15.4. The van der Waals surface area contributed by atoms with E-state index in [-0.39, 0.29) is 0 Å². The van der Waals surface area contributed by atoms with Gasteiger partial charge < -0.3 is 32.3 Å². The van der Waals surface area contributed by atoms with Gasteiger partial charge in [-0.25, -0.2) is 0 Å². The highest BCUT2D eigenvalue weighted by molar-refractivity contribution is 5.60. The first-order valence-corrected chi connectivity index (χ1v) is 11.2. The third-order valence-corrected chi connectivity index (χ3v) is 4.68. The Hall–Kier alpha value is -0.570. The van der Waals surface area contributed by atoms with Crippen LogP contribution in [-0.2, 0) is 0 Å². The van der Waals surface area contributed by atoms with Crippen LogP contribution in [0.1, 0.15) is 41.5 Å². The lowest BCUT2D eigenvalue weighted by Crippen LogP contribution is -2.59. The van der Waals surface area contributed by atoms with Gasteiger partial charge in [-0.2, -0.15) is 0 Å². The van der Waals surface area contributed by atoms with E-state index in [1.807, 2.05) is 6.21 Å². The molecule has 0 heterocycles. The molecule has 7 nitrogen and oxygen atoms in total. The number of likely N-dealkylation sites (N-methyl/N-ethyl adjacent to an activating group) is 1. The molecule has 0 aromatic rings. The molecule has 4 atom stereocenters. The van der Waals surface area contributed by atoms with Crippen molar-refractivity contribution in [2.45, 2.75) is 53.1 Å². The lowest BCUT2D eigenvalue weighted by molar-refractivity contribution is 0.356. The standard InChI is InChI=1S/C21H49N7/c1-7-23-10-18(4)12-25-15-21(22,17-27-14-20(6)28-9-3)16-26-13-19(5)11-24-8-2/h12,18-20,23-24,26-28H,7-11,13-17,22H2,1-6H3/b25-12+/t18?,19?,20?,21-/m0/s1. The van der Waals surface area contributed by atoms with Gasteiger partial charge in [-0.3, -0.25) is 4.99 Å². The Bertz CT molecular complexity index is 378. The summed E-state index contributed by atoms with van der Waals surface area (Å²) in [4.78, 5) is 4.68.